The molecule has 0 bridgehead atoms. The number of benzene rings is 2. The number of hydrogen-bond donors (Lipinski definition) is 1. The van der Waals surface area contributed by atoms with E-state index in [1.807, 2.05) is 0 Å². The normalized spacial score (nSPS) is 12.9. The molecule has 0 aliphatic carbocycles. The summed E-state index contributed by atoms with van der Waals surface area (Å²) in [5.74, 6) is 1.00. The van der Waals surface area contributed by atoms with Gasteiger partial charge in [-0.05, 0) is 61.5 Å². The van der Waals surface area contributed by atoms with Gasteiger partial charge in [0.15, 0.2) is 29.1 Å². The van der Waals surface area contributed by atoms with Crippen LogP contribution in [0, 0.1) is 0 Å². The molecule has 1 aliphatic rings. The maximum absolute atomic E-state index is 12.9. The summed E-state index contributed by atoms with van der Waals surface area (Å²) in [6.45, 7) is 1.62. The van der Waals surface area contributed by atoms with Gasteiger partial charge in [-0.15, -0.1) is 0 Å². The number of aromatic nitrogens is 2. The van der Waals surface area contributed by atoms with Crippen LogP contribution >= 0.6 is 0 Å². The number of nitrogens with one attached hydrogen (secondary N) is 1. The fourth-order valence-electron chi connectivity index (χ4n) is 3.85. The molecule has 4 heterocycles. The lowest BCUT2D eigenvalue weighted by Crippen LogP contribution is -2.30. The summed E-state index contributed by atoms with van der Waals surface area (Å²) in [6, 6.07) is 16.9. The maximum atomic E-state index is 12.9. The predicted molar refractivity (Wildman–Crippen MR) is 131 cm³/mol. The van der Waals surface area contributed by atoms with Crippen molar-refractivity contribution in [1.82, 2.24) is 9.97 Å². The molecule has 0 saturated heterocycles. The molecule has 1 N–H and O–H groups in total. The predicted octanol–water partition coefficient (Wildman–Crippen LogP) is 5.06. The molecule has 0 saturated carbocycles. The Kier molecular flexibility index (Phi) is 5.53. The van der Waals surface area contributed by atoms with Crippen LogP contribution in [0.4, 0.5) is 5.69 Å². The molecule has 1 atom stereocenters. The van der Waals surface area contributed by atoms with Crippen LogP contribution in [-0.4, -0.2) is 34.7 Å². The molecule has 3 aromatic heterocycles. The molecular weight excluding hydrogens is 478 g/mol. The Morgan fingerprint density at radius 2 is 1.57 bits per heavy atom. The number of rotatable bonds is 6. The number of esters is 1. The number of carbonyl (C=O) groups excluding carboxylic acids is 2. The Hall–Kier alpha value is -5.12. The highest BCUT2D eigenvalue weighted by Crippen LogP contribution is 2.34. The summed E-state index contributed by atoms with van der Waals surface area (Å²) in [6.07, 6.45) is 2.03. The minimum absolute atomic E-state index is 0.129. The lowest BCUT2D eigenvalue weighted by atomic mass is 10.1. The zero-order valence-corrected chi connectivity index (χ0v) is 19.5. The molecule has 2 aromatic carbocycles. The van der Waals surface area contributed by atoms with E-state index in [9.17, 15) is 9.59 Å². The fraction of sp³-hybridized carbons (Fsp3) is 0.111. The zero-order chi connectivity index (χ0) is 25.4. The zero-order valence-electron chi connectivity index (χ0n) is 19.5. The van der Waals surface area contributed by atoms with Crippen molar-refractivity contribution in [3.05, 3.63) is 78.8 Å². The van der Waals surface area contributed by atoms with Crippen LogP contribution in [0.25, 0.3) is 33.9 Å². The highest BCUT2D eigenvalue weighted by Gasteiger charge is 2.22. The van der Waals surface area contributed by atoms with E-state index in [0.717, 1.165) is 0 Å². The topological polar surface area (TPSA) is 126 Å². The molecule has 5 aromatic rings. The van der Waals surface area contributed by atoms with E-state index in [2.05, 4.69) is 15.3 Å². The average molecular weight is 497 g/mol. The minimum atomic E-state index is -1.06. The molecule has 0 radical (unpaired) electrons. The van der Waals surface area contributed by atoms with Gasteiger partial charge in [0.1, 0.15) is 11.4 Å². The molecule has 1 unspecified atom stereocenters. The molecule has 0 spiro atoms. The summed E-state index contributed by atoms with van der Waals surface area (Å²) >= 11 is 0. The van der Waals surface area contributed by atoms with Crippen molar-refractivity contribution in [3.8, 4) is 34.4 Å². The first kappa shape index (κ1) is 22.4. The number of hydrogen-bond acceptors (Lipinski definition) is 9. The van der Waals surface area contributed by atoms with Crippen LogP contribution in [-0.2, 0) is 9.53 Å². The monoisotopic (exact) mass is 497 g/mol. The summed E-state index contributed by atoms with van der Waals surface area (Å²) in [5, 5.41) is 2.71. The van der Waals surface area contributed by atoms with E-state index < -0.39 is 18.0 Å². The second kappa shape index (κ2) is 9.15. The van der Waals surface area contributed by atoms with Crippen LogP contribution in [0.15, 0.2) is 82.0 Å². The van der Waals surface area contributed by atoms with Gasteiger partial charge < -0.3 is 28.4 Å². The van der Waals surface area contributed by atoms with Crippen LogP contribution in [0.3, 0.4) is 0 Å². The number of fused-ring (bicyclic) bond motifs is 2. The SMILES string of the molecule is CC(OC(=O)c1ccc2nc(-c3ccco3)c(-c3ccco3)nc2c1)C(=O)Nc1ccc2c(c1)OCO2. The van der Waals surface area contributed by atoms with Crippen LogP contribution in [0.2, 0.25) is 0 Å². The lowest BCUT2D eigenvalue weighted by molar-refractivity contribution is -0.123. The van der Waals surface area contributed by atoms with E-state index in [4.69, 9.17) is 23.0 Å². The Bertz CT molecular complexity index is 1610. The van der Waals surface area contributed by atoms with Gasteiger partial charge in [0.2, 0.25) is 6.79 Å². The van der Waals surface area contributed by atoms with E-state index in [-0.39, 0.29) is 12.4 Å². The standard InChI is InChI=1S/C27H19N3O7/c1-15(26(31)28-17-7-9-20-23(13-17)36-14-35-20)37-27(32)16-6-8-18-19(12-16)30-25(22-5-3-11-34-22)24(29-18)21-4-2-10-33-21/h2-13,15H,14H2,1H3,(H,28,31). The van der Waals surface area contributed by atoms with Gasteiger partial charge in [-0.1, -0.05) is 0 Å². The molecule has 10 heteroatoms. The van der Waals surface area contributed by atoms with E-state index >= 15 is 0 Å². The molecular formula is C27H19N3O7. The van der Waals surface area contributed by atoms with Gasteiger partial charge in [0, 0.05) is 11.8 Å². The summed E-state index contributed by atoms with van der Waals surface area (Å²) in [5.41, 5.74) is 2.70. The molecule has 0 fully saturated rings. The Balaban J connectivity index is 1.22. The van der Waals surface area contributed by atoms with Crippen LogP contribution in [0.5, 0.6) is 11.5 Å². The lowest BCUT2D eigenvalue weighted by Gasteiger charge is -2.14. The van der Waals surface area contributed by atoms with Gasteiger partial charge in [-0.3, -0.25) is 4.79 Å². The average Bonchev–Trinajstić information content (AvgIpc) is 3.70. The van der Waals surface area contributed by atoms with Gasteiger partial charge >= 0.3 is 5.97 Å². The van der Waals surface area contributed by atoms with Gasteiger partial charge in [-0.25, -0.2) is 14.8 Å². The van der Waals surface area contributed by atoms with Crippen molar-refractivity contribution in [1.29, 1.82) is 0 Å². The molecule has 184 valence electrons. The Morgan fingerprint density at radius 3 is 2.27 bits per heavy atom. The first-order valence-electron chi connectivity index (χ1n) is 11.4. The van der Waals surface area contributed by atoms with Crippen molar-refractivity contribution in [2.75, 3.05) is 12.1 Å². The van der Waals surface area contributed by atoms with Crippen molar-refractivity contribution < 1.29 is 32.6 Å². The second-order valence-electron chi connectivity index (χ2n) is 8.18. The number of nitrogens with zero attached hydrogens (tertiary/aromatic N) is 2. The van der Waals surface area contributed by atoms with Crippen molar-refractivity contribution in [2.45, 2.75) is 13.0 Å². The summed E-state index contributed by atoms with van der Waals surface area (Å²) in [4.78, 5) is 34.8. The van der Waals surface area contributed by atoms with E-state index in [1.54, 1.807) is 66.9 Å². The van der Waals surface area contributed by atoms with Crippen molar-refractivity contribution in [2.24, 2.45) is 0 Å². The quantitative estimate of drug-likeness (QED) is 0.320. The minimum Gasteiger partial charge on any atom is -0.463 e. The Morgan fingerprint density at radius 1 is 0.865 bits per heavy atom. The van der Waals surface area contributed by atoms with Crippen LogP contribution in [0.1, 0.15) is 17.3 Å². The molecule has 6 rings (SSSR count). The third-order valence-electron chi connectivity index (χ3n) is 5.70. The van der Waals surface area contributed by atoms with E-state index in [1.165, 1.54) is 13.2 Å². The smallest absolute Gasteiger partial charge is 0.338 e. The fourth-order valence-corrected chi connectivity index (χ4v) is 3.85. The largest absolute Gasteiger partial charge is 0.463 e. The van der Waals surface area contributed by atoms with Gasteiger partial charge in [0.25, 0.3) is 5.91 Å². The Labute approximate surface area is 209 Å². The van der Waals surface area contributed by atoms with Gasteiger partial charge in [0.05, 0.1) is 29.1 Å². The first-order chi connectivity index (χ1) is 18.0. The third kappa shape index (κ3) is 4.36. The second-order valence-corrected chi connectivity index (χ2v) is 8.18. The number of ether oxygens (including phenoxy) is 3. The van der Waals surface area contributed by atoms with Crippen molar-refractivity contribution >= 4 is 28.6 Å². The number of anilines is 1. The highest BCUT2D eigenvalue weighted by molar-refractivity contribution is 5.99. The highest BCUT2D eigenvalue weighted by atomic mass is 16.7. The summed E-state index contributed by atoms with van der Waals surface area (Å²) < 4.78 is 27.1. The van der Waals surface area contributed by atoms with E-state index in [0.29, 0.717) is 51.1 Å². The first-order valence-corrected chi connectivity index (χ1v) is 11.4. The number of amides is 1. The van der Waals surface area contributed by atoms with Gasteiger partial charge in [-0.2, -0.15) is 0 Å². The summed E-state index contributed by atoms with van der Waals surface area (Å²) in [7, 11) is 0. The molecule has 1 amide bonds. The number of furan rings is 2. The van der Waals surface area contributed by atoms with Crippen LogP contribution < -0.4 is 14.8 Å². The van der Waals surface area contributed by atoms with Crippen molar-refractivity contribution in [3.63, 3.8) is 0 Å². The molecule has 10 nitrogen and oxygen atoms in total. The molecule has 1 aliphatic heterocycles. The maximum Gasteiger partial charge on any atom is 0.338 e. The number of carbonyl (C=O) groups is 2. The molecule has 37 heavy (non-hydrogen) atoms. The third-order valence-corrected chi connectivity index (χ3v) is 5.70.